The molecule has 0 unspecified atom stereocenters. The van der Waals surface area contributed by atoms with E-state index in [0.717, 1.165) is 0 Å². The Kier molecular flexibility index (Phi) is 7.20. The summed E-state index contributed by atoms with van der Waals surface area (Å²) < 4.78 is 19.0. The van der Waals surface area contributed by atoms with Gasteiger partial charge in [-0.2, -0.15) is 4.98 Å². The van der Waals surface area contributed by atoms with Crippen molar-refractivity contribution >= 4 is 51.1 Å². The van der Waals surface area contributed by atoms with Gasteiger partial charge in [0.2, 0.25) is 5.95 Å². The van der Waals surface area contributed by atoms with E-state index in [9.17, 15) is 9.18 Å². The van der Waals surface area contributed by atoms with Crippen molar-refractivity contribution in [2.75, 3.05) is 23.7 Å². The molecular weight excluding hydrogens is 441 g/mol. The van der Waals surface area contributed by atoms with Gasteiger partial charge in [0.25, 0.3) is 0 Å². The summed E-state index contributed by atoms with van der Waals surface area (Å²) >= 11 is 9.13. The molecule has 7 nitrogen and oxygen atoms in total. The molecule has 1 heterocycles. The predicted molar refractivity (Wildman–Crippen MR) is 107 cm³/mol. The van der Waals surface area contributed by atoms with Crippen LogP contribution in [0.3, 0.4) is 0 Å². The van der Waals surface area contributed by atoms with Crippen LogP contribution in [-0.2, 0) is 4.74 Å². The quantitative estimate of drug-likeness (QED) is 0.541. The molecule has 0 saturated heterocycles. The number of carbonyl (C=O) groups excluding carboxylic acids is 1. The molecule has 1 aromatic carbocycles. The van der Waals surface area contributed by atoms with E-state index in [1.165, 1.54) is 18.2 Å². The predicted octanol–water partition coefficient (Wildman–Crippen LogP) is 4.71. The van der Waals surface area contributed by atoms with E-state index >= 15 is 0 Å². The number of hydrogen-bond acceptors (Lipinski definition) is 6. The maximum absolute atomic E-state index is 13.2. The van der Waals surface area contributed by atoms with Crippen LogP contribution in [0.2, 0.25) is 5.02 Å². The summed E-state index contributed by atoms with van der Waals surface area (Å²) in [4.78, 5) is 20.1. The van der Waals surface area contributed by atoms with E-state index in [2.05, 4.69) is 41.8 Å². The number of alkyl carbamates (subject to hydrolysis) is 1. The monoisotopic (exact) mass is 459 g/mol. The van der Waals surface area contributed by atoms with Gasteiger partial charge in [0.1, 0.15) is 17.2 Å². The van der Waals surface area contributed by atoms with E-state index in [0.29, 0.717) is 35.0 Å². The maximum atomic E-state index is 13.2. The van der Waals surface area contributed by atoms with E-state index in [1.54, 1.807) is 27.0 Å². The molecule has 0 spiro atoms. The number of ether oxygens (including phenoxy) is 1. The zero-order valence-corrected chi connectivity index (χ0v) is 17.4. The third kappa shape index (κ3) is 7.18. The van der Waals surface area contributed by atoms with Crippen molar-refractivity contribution in [1.29, 1.82) is 0 Å². The lowest BCUT2D eigenvalue weighted by Crippen LogP contribution is -2.35. The molecule has 1 aromatic heterocycles. The highest BCUT2D eigenvalue weighted by Gasteiger charge is 2.15. The lowest BCUT2D eigenvalue weighted by molar-refractivity contribution is 0.0530. The van der Waals surface area contributed by atoms with Crippen LogP contribution in [0.4, 0.5) is 26.6 Å². The van der Waals surface area contributed by atoms with E-state index in [1.807, 2.05) is 0 Å². The van der Waals surface area contributed by atoms with Gasteiger partial charge in [-0.05, 0) is 54.9 Å². The third-order valence-electron chi connectivity index (χ3n) is 3.01. The zero-order valence-electron chi connectivity index (χ0n) is 15.1. The van der Waals surface area contributed by atoms with Gasteiger partial charge in [-0.1, -0.05) is 11.6 Å². The summed E-state index contributed by atoms with van der Waals surface area (Å²) in [5.74, 6) is 0.342. The normalized spacial score (nSPS) is 11.0. The van der Waals surface area contributed by atoms with Crippen molar-refractivity contribution in [3.8, 4) is 0 Å². The molecule has 27 heavy (non-hydrogen) atoms. The molecule has 0 aliphatic rings. The molecule has 0 fully saturated rings. The Hall–Kier alpha value is -2.13. The summed E-state index contributed by atoms with van der Waals surface area (Å²) in [5.41, 5.74) is 0.0121. The number of nitrogens with one attached hydrogen (secondary N) is 3. The zero-order chi connectivity index (χ0) is 20.0. The minimum atomic E-state index is -0.545. The Balaban J connectivity index is 1.91. The van der Waals surface area contributed by atoms with Crippen LogP contribution in [0.25, 0.3) is 0 Å². The van der Waals surface area contributed by atoms with Gasteiger partial charge in [-0.15, -0.1) is 0 Å². The summed E-state index contributed by atoms with van der Waals surface area (Å²) in [7, 11) is 0. The first kappa shape index (κ1) is 21.2. The molecular formula is C17H20BrClFN5O2. The number of benzene rings is 1. The molecule has 0 atom stereocenters. The lowest BCUT2D eigenvalue weighted by Gasteiger charge is -2.19. The van der Waals surface area contributed by atoms with Crippen LogP contribution in [0.15, 0.2) is 28.9 Å². The first-order valence-electron chi connectivity index (χ1n) is 8.09. The van der Waals surface area contributed by atoms with Crippen molar-refractivity contribution in [1.82, 2.24) is 15.3 Å². The molecule has 0 bridgehead atoms. The number of rotatable bonds is 6. The van der Waals surface area contributed by atoms with E-state index in [-0.39, 0.29) is 5.02 Å². The van der Waals surface area contributed by atoms with Gasteiger partial charge in [-0.25, -0.2) is 14.2 Å². The van der Waals surface area contributed by atoms with E-state index < -0.39 is 17.5 Å². The van der Waals surface area contributed by atoms with Gasteiger partial charge in [-0.3, -0.25) is 0 Å². The smallest absolute Gasteiger partial charge is 0.407 e. The first-order chi connectivity index (χ1) is 12.6. The van der Waals surface area contributed by atoms with Gasteiger partial charge < -0.3 is 20.7 Å². The summed E-state index contributed by atoms with van der Waals surface area (Å²) in [5, 5.41) is 8.68. The number of nitrogens with zero attached hydrogens (tertiary/aromatic N) is 2. The molecule has 10 heteroatoms. The minimum Gasteiger partial charge on any atom is -0.444 e. The fourth-order valence-electron chi connectivity index (χ4n) is 1.91. The summed E-state index contributed by atoms with van der Waals surface area (Å²) in [6, 6.07) is 4.23. The Labute approximate surface area is 170 Å². The molecule has 3 N–H and O–H groups in total. The van der Waals surface area contributed by atoms with Gasteiger partial charge in [0, 0.05) is 25.0 Å². The van der Waals surface area contributed by atoms with Crippen molar-refractivity contribution in [2.24, 2.45) is 0 Å². The fourth-order valence-corrected chi connectivity index (χ4v) is 2.43. The Morgan fingerprint density at radius 3 is 2.74 bits per heavy atom. The molecule has 1 amide bonds. The van der Waals surface area contributed by atoms with Gasteiger partial charge in [0.05, 0.1) is 9.50 Å². The number of anilines is 3. The number of aromatic nitrogens is 2. The van der Waals surface area contributed by atoms with Crippen LogP contribution in [0, 0.1) is 5.82 Å². The van der Waals surface area contributed by atoms with Crippen molar-refractivity contribution in [2.45, 2.75) is 26.4 Å². The van der Waals surface area contributed by atoms with Gasteiger partial charge >= 0.3 is 6.09 Å². The second-order valence-electron chi connectivity index (χ2n) is 6.50. The Morgan fingerprint density at radius 1 is 1.33 bits per heavy atom. The van der Waals surface area contributed by atoms with Crippen LogP contribution < -0.4 is 16.0 Å². The SMILES string of the molecule is CC(C)(C)OC(=O)NCCNc1nc(Nc2ccc(F)c(Cl)c2)ncc1Br. The molecule has 146 valence electrons. The maximum Gasteiger partial charge on any atom is 0.407 e. The highest BCUT2D eigenvalue weighted by Crippen LogP contribution is 2.24. The lowest BCUT2D eigenvalue weighted by atomic mass is 10.2. The van der Waals surface area contributed by atoms with Crippen molar-refractivity contribution < 1.29 is 13.9 Å². The van der Waals surface area contributed by atoms with Crippen molar-refractivity contribution in [3.05, 3.63) is 39.7 Å². The number of hydrogen-bond donors (Lipinski definition) is 3. The highest BCUT2D eigenvalue weighted by molar-refractivity contribution is 9.10. The number of halogens is 3. The second-order valence-corrected chi connectivity index (χ2v) is 7.76. The molecule has 2 aromatic rings. The van der Waals surface area contributed by atoms with Crippen LogP contribution in [0.5, 0.6) is 0 Å². The standard InChI is InChI=1S/C17H20BrClFN5O2/c1-17(2,3)27-16(26)22-7-6-21-14-11(18)9-23-15(25-14)24-10-4-5-13(20)12(19)8-10/h4-5,8-9H,6-7H2,1-3H3,(H,22,26)(H2,21,23,24,25). The molecule has 0 radical (unpaired) electrons. The number of amides is 1. The molecule has 2 rings (SSSR count). The average molecular weight is 461 g/mol. The highest BCUT2D eigenvalue weighted by atomic mass is 79.9. The topological polar surface area (TPSA) is 88.2 Å². The van der Waals surface area contributed by atoms with Gasteiger partial charge in [0.15, 0.2) is 0 Å². The second kappa shape index (κ2) is 9.18. The Morgan fingerprint density at radius 2 is 2.07 bits per heavy atom. The Bertz CT molecular complexity index is 816. The average Bonchev–Trinajstić information content (AvgIpc) is 2.56. The first-order valence-corrected chi connectivity index (χ1v) is 9.26. The molecule has 0 saturated carbocycles. The van der Waals surface area contributed by atoms with Crippen LogP contribution in [0.1, 0.15) is 20.8 Å². The molecule has 0 aliphatic heterocycles. The summed E-state index contributed by atoms with van der Waals surface area (Å²) in [6.45, 7) is 6.17. The summed E-state index contributed by atoms with van der Waals surface area (Å²) in [6.07, 6.45) is 1.09. The fraction of sp³-hybridized carbons (Fsp3) is 0.353. The third-order valence-corrected chi connectivity index (χ3v) is 3.88. The van der Waals surface area contributed by atoms with Crippen molar-refractivity contribution in [3.63, 3.8) is 0 Å². The largest absolute Gasteiger partial charge is 0.444 e. The minimum absolute atomic E-state index is 0.00341. The van der Waals surface area contributed by atoms with Crippen LogP contribution in [-0.4, -0.2) is 34.8 Å². The van der Waals surface area contributed by atoms with Crippen LogP contribution >= 0.6 is 27.5 Å². The van der Waals surface area contributed by atoms with E-state index in [4.69, 9.17) is 16.3 Å². The molecule has 0 aliphatic carbocycles. The number of carbonyl (C=O) groups is 1.